The molecule has 0 bridgehead atoms. The van der Waals surface area contributed by atoms with Crippen LogP contribution >= 0.6 is 0 Å². The van der Waals surface area contributed by atoms with Gasteiger partial charge in [-0.15, -0.1) is 0 Å². The van der Waals surface area contributed by atoms with Gasteiger partial charge in [0.05, 0.1) is 18.1 Å². The van der Waals surface area contributed by atoms with Gasteiger partial charge in [0.1, 0.15) is 30.2 Å². The largest absolute Gasteiger partial charge is 0.468 e. The number of aryl methyl sites for hydroxylation is 1. The number of nitrogens with zero attached hydrogens (tertiary/aromatic N) is 3. The first kappa shape index (κ1) is 23.3. The number of anilines is 1. The fraction of sp³-hybridized carbons (Fsp3) is 0.458. The third-order valence-electron chi connectivity index (χ3n) is 6.29. The van der Waals surface area contributed by atoms with E-state index in [2.05, 4.69) is 19.6 Å². The Morgan fingerprint density at radius 2 is 1.91 bits per heavy atom. The molecule has 182 valence electrons. The number of benzene rings is 1. The third-order valence-corrected chi connectivity index (χ3v) is 9.85. The van der Waals surface area contributed by atoms with Crippen molar-refractivity contribution in [1.82, 2.24) is 9.55 Å². The smallest absolute Gasteiger partial charge is 0.264 e. The first-order valence-electron chi connectivity index (χ1n) is 11.6. The van der Waals surface area contributed by atoms with Gasteiger partial charge in [-0.2, -0.15) is 4.98 Å². The second-order valence-electron chi connectivity index (χ2n) is 10.2. The molecule has 2 aromatic heterocycles. The number of rotatable bonds is 7. The molecule has 0 unspecified atom stereocenters. The number of hydrogen-bond acceptors (Lipinski definition) is 6. The molecule has 2 atom stereocenters. The number of aromatic nitrogens is 2. The van der Waals surface area contributed by atoms with E-state index in [1.54, 1.807) is 24.3 Å². The van der Waals surface area contributed by atoms with Crippen LogP contribution in [0.5, 0.6) is 5.88 Å². The lowest BCUT2D eigenvalue weighted by molar-refractivity contribution is 0.0896. The summed E-state index contributed by atoms with van der Waals surface area (Å²) in [5, 5.41) is 0.831. The van der Waals surface area contributed by atoms with Crippen LogP contribution in [0.3, 0.4) is 0 Å². The zero-order valence-electron chi connectivity index (χ0n) is 20.0. The maximum atomic E-state index is 13.8. The van der Waals surface area contributed by atoms with Gasteiger partial charge < -0.3 is 18.8 Å². The lowest BCUT2D eigenvalue weighted by Crippen LogP contribution is -2.52. The Bertz CT molecular complexity index is 1300. The summed E-state index contributed by atoms with van der Waals surface area (Å²) < 4.78 is 48.6. The standard InChI is InChI=1S/C24H31N3O5SSi/c1-17-5-7-19(8-6-17)33(28,29)27-20-13-18-9-10-26(16-30-11-12-34(2,3)4)23(18)25-24(20)32-22-15-31-14-21(22)27/h5-10,13,21-22H,11-12,14-16H2,1-4H3/t21-,22-/m1/s1. The minimum absolute atomic E-state index is 0.241. The second-order valence-corrected chi connectivity index (χ2v) is 17.7. The van der Waals surface area contributed by atoms with Crippen molar-refractivity contribution in [3.63, 3.8) is 0 Å². The molecule has 4 heterocycles. The van der Waals surface area contributed by atoms with Gasteiger partial charge in [0.25, 0.3) is 10.0 Å². The molecular weight excluding hydrogens is 470 g/mol. The molecule has 0 radical (unpaired) electrons. The molecule has 3 aromatic rings. The van der Waals surface area contributed by atoms with Crippen LogP contribution in [-0.4, -0.2) is 58.0 Å². The first-order valence-corrected chi connectivity index (χ1v) is 16.7. The summed E-state index contributed by atoms with van der Waals surface area (Å²) in [6.07, 6.45) is 1.51. The van der Waals surface area contributed by atoms with E-state index in [9.17, 15) is 8.42 Å². The molecule has 2 aliphatic heterocycles. The molecular formula is C24H31N3O5SSi. The van der Waals surface area contributed by atoms with E-state index in [1.807, 2.05) is 29.8 Å². The number of sulfonamides is 1. The van der Waals surface area contributed by atoms with Crippen LogP contribution in [0.1, 0.15) is 5.56 Å². The number of hydrogen-bond donors (Lipinski definition) is 0. The molecule has 1 fully saturated rings. The SMILES string of the molecule is Cc1ccc(S(=O)(=O)N2c3cc4ccn(COCC[Si](C)(C)C)c4nc3O[C@@H]3COC[C@H]32)cc1. The van der Waals surface area contributed by atoms with Crippen molar-refractivity contribution in [2.45, 2.75) is 56.4 Å². The van der Waals surface area contributed by atoms with Gasteiger partial charge in [0.15, 0.2) is 0 Å². The molecule has 0 spiro atoms. The van der Waals surface area contributed by atoms with Crippen molar-refractivity contribution >= 4 is 34.8 Å². The highest BCUT2D eigenvalue weighted by Crippen LogP contribution is 2.42. The van der Waals surface area contributed by atoms with Gasteiger partial charge in [0, 0.05) is 26.3 Å². The Morgan fingerprint density at radius 1 is 1.15 bits per heavy atom. The van der Waals surface area contributed by atoms with Gasteiger partial charge in [-0.25, -0.2) is 8.42 Å². The van der Waals surface area contributed by atoms with Crippen molar-refractivity contribution in [1.29, 1.82) is 0 Å². The van der Waals surface area contributed by atoms with Crippen molar-refractivity contribution < 1.29 is 22.6 Å². The summed E-state index contributed by atoms with van der Waals surface area (Å²) in [4.78, 5) is 4.98. The average Bonchev–Trinajstić information content (AvgIpc) is 3.39. The van der Waals surface area contributed by atoms with Crippen molar-refractivity contribution in [3.05, 3.63) is 48.2 Å². The second kappa shape index (κ2) is 8.67. The van der Waals surface area contributed by atoms with E-state index < -0.39 is 30.2 Å². The van der Waals surface area contributed by atoms with Crippen LogP contribution in [0.15, 0.2) is 47.5 Å². The van der Waals surface area contributed by atoms with E-state index in [0.29, 0.717) is 37.2 Å². The third kappa shape index (κ3) is 4.35. The maximum Gasteiger partial charge on any atom is 0.264 e. The number of ether oxygens (including phenoxy) is 3. The topological polar surface area (TPSA) is 82.9 Å². The van der Waals surface area contributed by atoms with Gasteiger partial charge in [-0.05, 0) is 37.2 Å². The molecule has 10 heteroatoms. The van der Waals surface area contributed by atoms with E-state index in [1.165, 1.54) is 4.31 Å². The van der Waals surface area contributed by atoms with Gasteiger partial charge in [-0.3, -0.25) is 4.31 Å². The Kier molecular flexibility index (Phi) is 5.95. The van der Waals surface area contributed by atoms with Gasteiger partial charge in [0.2, 0.25) is 5.88 Å². The van der Waals surface area contributed by atoms with Gasteiger partial charge in [-0.1, -0.05) is 37.3 Å². The number of pyridine rings is 1. The zero-order chi connectivity index (χ0) is 24.1. The fourth-order valence-corrected chi connectivity index (χ4v) is 6.69. The predicted octanol–water partition coefficient (Wildman–Crippen LogP) is 4.01. The quantitative estimate of drug-likeness (QED) is 0.359. The summed E-state index contributed by atoms with van der Waals surface area (Å²) in [6.45, 7) is 10.6. The monoisotopic (exact) mass is 501 g/mol. The van der Waals surface area contributed by atoms with Crippen LogP contribution < -0.4 is 9.04 Å². The highest BCUT2D eigenvalue weighted by molar-refractivity contribution is 7.92. The molecule has 0 N–H and O–H groups in total. The summed E-state index contributed by atoms with van der Waals surface area (Å²) in [7, 11) is -5.00. The molecule has 1 saturated heterocycles. The molecule has 0 saturated carbocycles. The molecule has 0 aliphatic carbocycles. The predicted molar refractivity (Wildman–Crippen MR) is 134 cm³/mol. The average molecular weight is 502 g/mol. The Hall–Kier alpha value is -2.40. The summed E-state index contributed by atoms with van der Waals surface area (Å²) >= 11 is 0. The Morgan fingerprint density at radius 3 is 2.65 bits per heavy atom. The van der Waals surface area contributed by atoms with Gasteiger partial charge >= 0.3 is 0 Å². The van der Waals surface area contributed by atoms with E-state index in [-0.39, 0.29) is 11.5 Å². The van der Waals surface area contributed by atoms with Crippen LogP contribution in [0.2, 0.25) is 25.7 Å². The fourth-order valence-electron chi connectivity index (χ4n) is 4.28. The van der Waals surface area contributed by atoms with Crippen LogP contribution in [0.25, 0.3) is 11.0 Å². The van der Waals surface area contributed by atoms with Crippen LogP contribution in [0, 0.1) is 6.92 Å². The summed E-state index contributed by atoms with van der Waals surface area (Å²) in [5.74, 6) is 0.303. The summed E-state index contributed by atoms with van der Waals surface area (Å²) in [6, 6.07) is 11.3. The first-order chi connectivity index (χ1) is 16.1. The zero-order valence-corrected chi connectivity index (χ0v) is 21.8. The lowest BCUT2D eigenvalue weighted by Gasteiger charge is -2.37. The molecule has 34 heavy (non-hydrogen) atoms. The summed E-state index contributed by atoms with van der Waals surface area (Å²) in [5.41, 5.74) is 2.15. The van der Waals surface area contributed by atoms with Crippen LogP contribution in [0.4, 0.5) is 5.69 Å². The minimum atomic E-state index is -3.83. The normalized spacial score (nSPS) is 20.3. The Labute approximate surface area is 201 Å². The Balaban J connectivity index is 1.50. The highest BCUT2D eigenvalue weighted by atomic mass is 32.2. The number of fused-ring (bicyclic) bond motifs is 3. The molecule has 5 rings (SSSR count). The lowest BCUT2D eigenvalue weighted by atomic mass is 10.1. The van der Waals surface area contributed by atoms with Crippen molar-refractivity contribution in [3.8, 4) is 5.88 Å². The van der Waals surface area contributed by atoms with E-state index >= 15 is 0 Å². The van der Waals surface area contributed by atoms with Crippen molar-refractivity contribution in [2.75, 3.05) is 24.1 Å². The van der Waals surface area contributed by atoms with Crippen LogP contribution in [-0.2, 0) is 26.2 Å². The molecule has 1 aromatic carbocycles. The molecule has 8 nitrogen and oxygen atoms in total. The highest BCUT2D eigenvalue weighted by Gasteiger charge is 2.47. The molecule has 0 amide bonds. The van der Waals surface area contributed by atoms with E-state index in [4.69, 9.17) is 19.2 Å². The minimum Gasteiger partial charge on any atom is -0.468 e. The molecule has 2 aliphatic rings. The maximum absolute atomic E-state index is 13.8. The van der Waals surface area contributed by atoms with Crippen molar-refractivity contribution in [2.24, 2.45) is 0 Å². The van der Waals surface area contributed by atoms with E-state index in [0.717, 1.165) is 17.0 Å².